The maximum Gasteiger partial charge on any atom is 0.227 e. The molecule has 2 aromatic heterocycles. The first-order valence-electron chi connectivity index (χ1n) is 9.29. The van der Waals surface area contributed by atoms with Gasteiger partial charge in [0.25, 0.3) is 0 Å². The lowest BCUT2D eigenvalue weighted by molar-refractivity contribution is -0.121. The quantitative estimate of drug-likeness (QED) is 0.742. The highest BCUT2D eigenvalue weighted by atomic mass is 16.1. The van der Waals surface area contributed by atoms with Gasteiger partial charge in [0.1, 0.15) is 5.65 Å². The molecule has 1 saturated heterocycles. The Morgan fingerprint density at radius 3 is 2.77 bits per heavy atom. The molecule has 1 aliphatic heterocycles. The van der Waals surface area contributed by atoms with Crippen molar-refractivity contribution in [2.24, 2.45) is 5.92 Å². The van der Waals surface area contributed by atoms with Crippen molar-refractivity contribution in [3.05, 3.63) is 60.4 Å². The highest BCUT2D eigenvalue weighted by Crippen LogP contribution is 2.23. The van der Waals surface area contributed by atoms with Gasteiger partial charge in [-0.2, -0.15) is 0 Å². The molecule has 1 aromatic carbocycles. The van der Waals surface area contributed by atoms with Gasteiger partial charge < -0.3 is 15.2 Å². The predicted molar refractivity (Wildman–Crippen MR) is 104 cm³/mol. The van der Waals surface area contributed by atoms with Gasteiger partial charge in [0.15, 0.2) is 0 Å². The highest BCUT2D eigenvalue weighted by Gasteiger charge is 2.25. The van der Waals surface area contributed by atoms with E-state index in [4.69, 9.17) is 0 Å². The molecule has 0 unspecified atom stereocenters. The smallest absolute Gasteiger partial charge is 0.227 e. The minimum Gasteiger partial charge on any atom is -0.346 e. The van der Waals surface area contributed by atoms with E-state index in [2.05, 4.69) is 50.5 Å². The van der Waals surface area contributed by atoms with Gasteiger partial charge >= 0.3 is 0 Å². The lowest BCUT2D eigenvalue weighted by Gasteiger charge is -2.31. The third-order valence-electron chi connectivity index (χ3n) is 5.24. The summed E-state index contributed by atoms with van der Waals surface area (Å²) in [5.41, 5.74) is 3.02. The summed E-state index contributed by atoms with van der Waals surface area (Å²) in [5, 5.41) is 4.06. The summed E-state index contributed by atoms with van der Waals surface area (Å²) in [6.07, 6.45) is 6.48. The number of pyridine rings is 1. The number of rotatable bonds is 5. The Labute approximate surface area is 153 Å². The Hall–Kier alpha value is -2.66. The maximum atomic E-state index is 12.7. The topological polar surface area (TPSA) is 61.0 Å². The Morgan fingerprint density at radius 2 is 1.96 bits per heavy atom. The van der Waals surface area contributed by atoms with E-state index >= 15 is 0 Å². The number of nitrogens with zero attached hydrogens (tertiary/aromatic N) is 2. The van der Waals surface area contributed by atoms with E-state index in [9.17, 15) is 4.79 Å². The van der Waals surface area contributed by atoms with E-state index < -0.39 is 0 Å². The summed E-state index contributed by atoms with van der Waals surface area (Å²) < 4.78 is 0. The molecule has 4 rings (SSSR count). The number of carbonyl (C=O) groups is 1. The fraction of sp³-hybridized carbons (Fsp3) is 0.333. The summed E-state index contributed by atoms with van der Waals surface area (Å²) >= 11 is 0. The van der Waals surface area contributed by atoms with Crippen LogP contribution in [0.25, 0.3) is 11.0 Å². The number of piperidine rings is 1. The molecule has 134 valence electrons. The van der Waals surface area contributed by atoms with Crippen LogP contribution in [0.4, 0.5) is 5.69 Å². The molecule has 2 N–H and O–H groups in total. The Bertz CT molecular complexity index is 866. The monoisotopic (exact) mass is 348 g/mol. The van der Waals surface area contributed by atoms with Crippen molar-refractivity contribution in [2.45, 2.75) is 19.3 Å². The van der Waals surface area contributed by atoms with Gasteiger partial charge in [0, 0.05) is 30.2 Å². The second-order valence-electron chi connectivity index (χ2n) is 6.94. The number of aromatic nitrogens is 2. The van der Waals surface area contributed by atoms with Crippen molar-refractivity contribution in [2.75, 3.05) is 25.0 Å². The van der Waals surface area contributed by atoms with Crippen LogP contribution in [0.15, 0.2) is 54.9 Å². The number of hydrogen-bond acceptors (Lipinski definition) is 3. The van der Waals surface area contributed by atoms with Crippen LogP contribution in [-0.2, 0) is 11.2 Å². The maximum absolute atomic E-state index is 12.7. The van der Waals surface area contributed by atoms with Crippen molar-refractivity contribution >= 4 is 22.6 Å². The largest absolute Gasteiger partial charge is 0.346 e. The van der Waals surface area contributed by atoms with Gasteiger partial charge in [-0.1, -0.05) is 30.3 Å². The summed E-state index contributed by atoms with van der Waals surface area (Å²) in [6.45, 7) is 3.04. The SMILES string of the molecule is O=C(Nc1ccnc2[nH]ccc12)C1CCN(CCc2ccccc2)CC1. The second-order valence-corrected chi connectivity index (χ2v) is 6.94. The van der Waals surface area contributed by atoms with Crippen LogP contribution >= 0.6 is 0 Å². The molecular weight excluding hydrogens is 324 g/mol. The summed E-state index contributed by atoms with van der Waals surface area (Å²) in [5.74, 6) is 0.214. The van der Waals surface area contributed by atoms with Gasteiger partial charge in [-0.05, 0) is 50.0 Å². The number of fused-ring (bicyclic) bond motifs is 1. The Kier molecular flexibility index (Phi) is 4.97. The highest BCUT2D eigenvalue weighted by molar-refractivity contribution is 6.00. The molecule has 3 aromatic rings. The predicted octanol–water partition coefficient (Wildman–Crippen LogP) is 3.46. The van der Waals surface area contributed by atoms with E-state index in [0.717, 1.165) is 55.6 Å². The van der Waals surface area contributed by atoms with Gasteiger partial charge in [-0.3, -0.25) is 4.79 Å². The Morgan fingerprint density at radius 1 is 1.15 bits per heavy atom. The number of H-pyrrole nitrogens is 1. The molecule has 0 atom stereocenters. The molecule has 26 heavy (non-hydrogen) atoms. The summed E-state index contributed by atoms with van der Waals surface area (Å²) in [6, 6.07) is 14.4. The first kappa shape index (κ1) is 16.8. The number of anilines is 1. The summed E-state index contributed by atoms with van der Waals surface area (Å²) in [4.78, 5) is 22.5. The lowest BCUT2D eigenvalue weighted by Crippen LogP contribution is -2.39. The average Bonchev–Trinajstić information content (AvgIpc) is 3.17. The van der Waals surface area contributed by atoms with Gasteiger partial charge in [-0.25, -0.2) is 4.98 Å². The molecule has 0 saturated carbocycles. The zero-order valence-corrected chi connectivity index (χ0v) is 14.8. The molecule has 1 fully saturated rings. The third kappa shape index (κ3) is 3.78. The molecule has 5 nitrogen and oxygen atoms in total. The number of hydrogen-bond donors (Lipinski definition) is 2. The van der Waals surface area contributed by atoms with Crippen molar-refractivity contribution < 1.29 is 4.79 Å². The molecule has 0 radical (unpaired) electrons. The van der Waals surface area contributed by atoms with Crippen molar-refractivity contribution in [3.63, 3.8) is 0 Å². The molecule has 1 aliphatic rings. The number of nitrogens with one attached hydrogen (secondary N) is 2. The average molecular weight is 348 g/mol. The first-order valence-corrected chi connectivity index (χ1v) is 9.29. The molecule has 0 bridgehead atoms. The van der Waals surface area contributed by atoms with Gasteiger partial charge in [0.2, 0.25) is 5.91 Å². The zero-order chi connectivity index (χ0) is 17.8. The molecular formula is C21H24N4O. The fourth-order valence-corrected chi connectivity index (χ4v) is 3.66. The Balaban J connectivity index is 1.29. The van der Waals surface area contributed by atoms with Crippen LogP contribution in [0.2, 0.25) is 0 Å². The van der Waals surface area contributed by atoms with Crippen LogP contribution in [0.5, 0.6) is 0 Å². The van der Waals surface area contributed by atoms with Gasteiger partial charge in [0.05, 0.1) is 5.69 Å². The van der Waals surface area contributed by atoms with E-state index in [-0.39, 0.29) is 11.8 Å². The van der Waals surface area contributed by atoms with Crippen molar-refractivity contribution in [3.8, 4) is 0 Å². The van der Waals surface area contributed by atoms with Crippen LogP contribution in [-0.4, -0.2) is 40.4 Å². The molecule has 5 heteroatoms. The van der Waals surface area contributed by atoms with Crippen LogP contribution in [0, 0.1) is 5.92 Å². The lowest BCUT2D eigenvalue weighted by atomic mass is 9.95. The number of aromatic amines is 1. The second kappa shape index (κ2) is 7.70. The normalized spacial score (nSPS) is 16.0. The number of benzene rings is 1. The van der Waals surface area contributed by atoms with Crippen molar-refractivity contribution in [1.82, 2.24) is 14.9 Å². The molecule has 1 amide bonds. The van der Waals surface area contributed by atoms with Crippen molar-refractivity contribution in [1.29, 1.82) is 0 Å². The van der Waals surface area contributed by atoms with Crippen LogP contribution in [0.3, 0.4) is 0 Å². The minimum absolute atomic E-state index is 0.0881. The third-order valence-corrected chi connectivity index (χ3v) is 5.24. The minimum atomic E-state index is 0.0881. The van der Waals surface area contributed by atoms with E-state index in [1.807, 2.05) is 18.3 Å². The van der Waals surface area contributed by atoms with E-state index in [1.54, 1.807) is 6.20 Å². The van der Waals surface area contributed by atoms with Crippen LogP contribution in [0.1, 0.15) is 18.4 Å². The van der Waals surface area contributed by atoms with Gasteiger partial charge in [-0.15, -0.1) is 0 Å². The fourth-order valence-electron chi connectivity index (χ4n) is 3.66. The zero-order valence-electron chi connectivity index (χ0n) is 14.8. The molecule has 0 aliphatic carbocycles. The first-order chi connectivity index (χ1) is 12.8. The van der Waals surface area contributed by atoms with E-state index in [1.165, 1.54) is 5.56 Å². The standard InChI is InChI=1S/C21H24N4O/c26-21(24-19-7-12-23-20-18(19)6-11-22-20)17-9-14-25(15-10-17)13-8-16-4-2-1-3-5-16/h1-7,11-12,17H,8-10,13-15H2,(H2,22,23,24,26). The molecule has 0 spiro atoms. The van der Waals surface area contributed by atoms with E-state index in [0.29, 0.717) is 0 Å². The number of amides is 1. The summed E-state index contributed by atoms with van der Waals surface area (Å²) in [7, 11) is 0. The van der Waals surface area contributed by atoms with Crippen LogP contribution < -0.4 is 5.32 Å². The molecule has 3 heterocycles. The number of carbonyl (C=O) groups excluding carboxylic acids is 1. The number of likely N-dealkylation sites (tertiary alicyclic amines) is 1.